The van der Waals surface area contributed by atoms with Crippen molar-refractivity contribution in [2.75, 3.05) is 13.6 Å². The Balaban J connectivity index is 0.000000441. The van der Waals surface area contributed by atoms with Crippen molar-refractivity contribution in [1.82, 2.24) is 10.6 Å². The van der Waals surface area contributed by atoms with Gasteiger partial charge in [0.25, 0.3) is 5.91 Å². The Bertz CT molecular complexity index is 1740. The quantitative estimate of drug-likeness (QED) is 0.165. The van der Waals surface area contributed by atoms with E-state index in [1.807, 2.05) is 6.20 Å². The summed E-state index contributed by atoms with van der Waals surface area (Å²) in [5.41, 5.74) is 4.85. The highest BCUT2D eigenvalue weighted by Gasteiger charge is 2.31. The number of quaternary nitrogens is 2. The number of nitrogens with zero attached hydrogens (tertiary/aromatic N) is 1. The lowest BCUT2D eigenvalue weighted by Gasteiger charge is -2.19. The first-order chi connectivity index (χ1) is 24.5. The maximum atomic E-state index is 13.2. The molecule has 280 valence electrons. The van der Waals surface area contributed by atoms with Gasteiger partial charge in [0, 0.05) is 30.2 Å². The molecule has 52 heavy (non-hydrogen) atoms. The number of hydrogen-bond donors (Lipinski definition) is 4. The van der Waals surface area contributed by atoms with E-state index < -0.39 is 24.3 Å². The zero-order chi connectivity index (χ0) is 38.5. The number of benzene rings is 3. The first-order valence-electron chi connectivity index (χ1n) is 16.1. The molecule has 1 atom stereocenters. The fourth-order valence-corrected chi connectivity index (χ4v) is 5.43. The van der Waals surface area contributed by atoms with Crippen molar-refractivity contribution >= 4 is 46.1 Å². The molecule has 0 fully saturated rings. The monoisotopic (exact) mass is 737 g/mol. The fourth-order valence-electron chi connectivity index (χ4n) is 5.43. The van der Waals surface area contributed by atoms with Crippen LogP contribution in [0, 0.1) is 0 Å². The predicted octanol–water partition coefficient (Wildman–Crippen LogP) is 0.491. The molecule has 2 amide bonds. The second-order valence-corrected chi connectivity index (χ2v) is 11.9. The summed E-state index contributed by atoms with van der Waals surface area (Å²) < 4.78 is 63.1. The molecule has 0 saturated carbocycles. The number of alkyl halides is 6. The van der Waals surface area contributed by atoms with Crippen LogP contribution in [0.1, 0.15) is 48.8 Å². The standard InChI is InChI=1S/C31H35N5O2.2C2HF3O2/c1-32-29(37)14-4-2-3-13-27(34-30(38)21-36-19-25-11-7-8-12-26(25)20-36)31-33-18-28(35-31)24-16-15-22-9-5-6-10-23(22)17-24;2*3-2(4,5)1(6)7/h5-12,15-18,27H,2-4,13-14,19-21H2,1H3,(H,32,37)(H,33,35)(H,34,38);2*(H,6,7)/t27-;;/m0../s1. The van der Waals surface area contributed by atoms with Crippen LogP contribution in [0.3, 0.4) is 0 Å². The summed E-state index contributed by atoms with van der Waals surface area (Å²) >= 11 is 0. The van der Waals surface area contributed by atoms with Crippen LogP contribution >= 0.6 is 0 Å². The van der Waals surface area contributed by atoms with E-state index in [1.165, 1.54) is 26.8 Å². The van der Waals surface area contributed by atoms with E-state index in [1.54, 1.807) is 7.05 Å². The van der Waals surface area contributed by atoms with Gasteiger partial charge < -0.3 is 35.3 Å². The lowest BCUT2D eigenvalue weighted by molar-refractivity contribution is -0.912. The summed E-state index contributed by atoms with van der Waals surface area (Å²) in [6.45, 7) is 2.21. The van der Waals surface area contributed by atoms with E-state index in [2.05, 4.69) is 82.7 Å². The van der Waals surface area contributed by atoms with Gasteiger partial charge in [0.1, 0.15) is 31.1 Å². The molecule has 0 spiro atoms. The molecule has 0 saturated heterocycles. The molecule has 2 aliphatic heterocycles. The third kappa shape index (κ3) is 13.1. The average molecular weight is 738 g/mol. The zero-order valence-electron chi connectivity index (χ0n) is 27.9. The summed E-state index contributed by atoms with van der Waals surface area (Å²) in [5, 5.41) is 28.1. The first-order valence-corrected chi connectivity index (χ1v) is 16.1. The number of amides is 2. The molecule has 5 rings (SSSR count). The second kappa shape index (κ2) is 18.8. The molecular formula is C35H37F6N5O6. The maximum Gasteiger partial charge on any atom is 0.430 e. The van der Waals surface area contributed by atoms with Gasteiger partial charge in [-0.3, -0.25) is 14.9 Å². The van der Waals surface area contributed by atoms with Crippen molar-refractivity contribution in [3.05, 3.63) is 89.6 Å². The molecule has 0 unspecified atom stereocenters. The SMILES string of the molecule is CNC(=O)CCCCC[C@H](NC(=O)C[NH+]1Cc2ccccc2C1)C1=NC=C(c2ccc3ccccc3c2)[NH2+]1.O=C([O-])C(F)(F)F.O=C([O-])C(F)(F)F. The number of halogens is 6. The number of amidine groups is 1. The molecule has 5 N–H and O–H groups in total. The van der Waals surface area contributed by atoms with Gasteiger partial charge in [-0.25, -0.2) is 4.99 Å². The van der Waals surface area contributed by atoms with Crippen LogP contribution in [0.4, 0.5) is 26.3 Å². The van der Waals surface area contributed by atoms with E-state index in [9.17, 15) is 35.9 Å². The van der Waals surface area contributed by atoms with Gasteiger partial charge in [-0.15, -0.1) is 0 Å². The summed E-state index contributed by atoms with van der Waals surface area (Å²) in [5.74, 6) is -4.99. The molecule has 0 aromatic heterocycles. The number of carbonyl (C=O) groups is 4. The number of rotatable bonds is 11. The number of carbonyl (C=O) groups excluding carboxylic acids is 4. The highest BCUT2D eigenvalue weighted by Crippen LogP contribution is 2.20. The van der Waals surface area contributed by atoms with Gasteiger partial charge in [0.15, 0.2) is 12.2 Å². The maximum absolute atomic E-state index is 13.2. The minimum Gasteiger partial charge on any atom is -0.542 e. The molecule has 3 aromatic carbocycles. The number of unbranched alkanes of at least 4 members (excludes halogenated alkanes) is 2. The molecule has 0 aliphatic carbocycles. The smallest absolute Gasteiger partial charge is 0.430 e. The zero-order valence-corrected chi connectivity index (χ0v) is 27.9. The number of hydrogen-bond acceptors (Lipinski definition) is 7. The van der Waals surface area contributed by atoms with E-state index >= 15 is 0 Å². The van der Waals surface area contributed by atoms with Crippen molar-refractivity contribution in [3.8, 4) is 0 Å². The van der Waals surface area contributed by atoms with Gasteiger partial charge in [-0.05, 0) is 35.7 Å². The third-order valence-electron chi connectivity index (χ3n) is 7.98. The number of fused-ring (bicyclic) bond motifs is 2. The molecule has 0 radical (unpaired) electrons. The Kier molecular flexibility index (Phi) is 14.9. The minimum atomic E-state index is -5.19. The number of nitrogens with one attached hydrogen (secondary N) is 3. The molecular weight excluding hydrogens is 700 g/mol. The Morgan fingerprint density at radius 3 is 1.92 bits per heavy atom. The van der Waals surface area contributed by atoms with Crippen molar-refractivity contribution in [2.45, 2.75) is 63.6 Å². The normalized spacial score (nSPS) is 14.4. The molecule has 11 nitrogen and oxygen atoms in total. The summed E-state index contributed by atoms with van der Waals surface area (Å²) in [6, 6.07) is 23.1. The predicted molar refractivity (Wildman–Crippen MR) is 172 cm³/mol. The first kappa shape index (κ1) is 41.1. The lowest BCUT2D eigenvalue weighted by Crippen LogP contribution is -3.09. The average Bonchev–Trinajstić information content (AvgIpc) is 3.74. The van der Waals surface area contributed by atoms with Crippen molar-refractivity contribution in [3.63, 3.8) is 0 Å². The second-order valence-electron chi connectivity index (χ2n) is 11.9. The van der Waals surface area contributed by atoms with Gasteiger partial charge >= 0.3 is 12.4 Å². The molecule has 0 bridgehead atoms. The Morgan fingerprint density at radius 1 is 0.808 bits per heavy atom. The Labute approximate surface area is 294 Å². The number of carboxylic acid groups (broad SMARTS) is 2. The lowest BCUT2D eigenvalue weighted by atomic mass is 10.0. The molecule has 17 heteroatoms. The molecule has 3 aromatic rings. The Morgan fingerprint density at radius 2 is 1.37 bits per heavy atom. The highest BCUT2D eigenvalue weighted by atomic mass is 19.4. The summed E-state index contributed by atoms with van der Waals surface area (Å²) in [4.78, 5) is 48.3. The summed E-state index contributed by atoms with van der Waals surface area (Å²) in [6.07, 6.45) is -4.46. The van der Waals surface area contributed by atoms with Crippen LogP contribution in [-0.2, 0) is 32.3 Å². The van der Waals surface area contributed by atoms with E-state index in [0.717, 1.165) is 55.9 Å². The van der Waals surface area contributed by atoms with Crippen LogP contribution < -0.4 is 31.1 Å². The number of aliphatic imine (C=N–C) groups is 1. The third-order valence-corrected chi connectivity index (χ3v) is 7.98. The van der Waals surface area contributed by atoms with E-state index in [4.69, 9.17) is 24.8 Å². The topological polar surface area (TPSA) is 172 Å². The van der Waals surface area contributed by atoms with Gasteiger partial charge in [0.05, 0.1) is 6.20 Å². The summed E-state index contributed by atoms with van der Waals surface area (Å²) in [7, 11) is 1.67. The fraction of sp³-hybridized carbons (Fsp3) is 0.343. The minimum absolute atomic E-state index is 0.0541. The highest BCUT2D eigenvalue weighted by molar-refractivity contribution is 5.92. The van der Waals surface area contributed by atoms with Crippen LogP contribution in [0.2, 0.25) is 0 Å². The van der Waals surface area contributed by atoms with Gasteiger partial charge in [0.2, 0.25) is 11.7 Å². The van der Waals surface area contributed by atoms with Crippen molar-refractivity contribution < 1.29 is 66.0 Å². The van der Waals surface area contributed by atoms with Crippen molar-refractivity contribution in [1.29, 1.82) is 0 Å². The molecule has 2 heterocycles. The van der Waals surface area contributed by atoms with Crippen LogP contribution in [0.25, 0.3) is 16.5 Å². The van der Waals surface area contributed by atoms with E-state index in [-0.39, 0.29) is 17.9 Å². The molecule has 2 aliphatic rings. The Hall–Kier alpha value is -5.29. The number of carboxylic acids is 2. The van der Waals surface area contributed by atoms with Crippen LogP contribution in [0.5, 0.6) is 0 Å². The van der Waals surface area contributed by atoms with E-state index in [0.29, 0.717) is 13.0 Å². The number of nitrogens with two attached hydrogens (primary N) is 1. The van der Waals surface area contributed by atoms with Crippen molar-refractivity contribution in [2.24, 2.45) is 4.99 Å². The van der Waals surface area contributed by atoms with Gasteiger partial charge in [-0.1, -0.05) is 67.4 Å². The largest absolute Gasteiger partial charge is 0.542 e. The van der Waals surface area contributed by atoms with Gasteiger partial charge in [-0.2, -0.15) is 26.3 Å². The number of aliphatic carboxylic acids is 2. The van der Waals surface area contributed by atoms with Crippen LogP contribution in [0.15, 0.2) is 77.9 Å². The van der Waals surface area contributed by atoms with Crippen LogP contribution in [-0.4, -0.2) is 61.6 Å².